The number of hydrogen-bond acceptors (Lipinski definition) is 10. The molecule has 0 saturated carbocycles. The summed E-state index contributed by atoms with van der Waals surface area (Å²) in [4.78, 5) is 45.0. The minimum Gasteiger partial charge on any atom is -0.309 e. The molecule has 702 valence electrons. The van der Waals surface area contributed by atoms with E-state index >= 15 is 0 Å². The summed E-state index contributed by atoms with van der Waals surface area (Å²) in [6.45, 7) is 0. The van der Waals surface area contributed by atoms with E-state index in [1.165, 1.54) is 102 Å². The molecule has 0 radical (unpaired) electrons. The Balaban J connectivity index is 0.000000108. The predicted molar refractivity (Wildman–Crippen MR) is 618 cm³/mol. The fraction of sp³-hybridized carbons (Fsp3) is 0. The first-order chi connectivity index (χ1) is 74.4. The van der Waals surface area contributed by atoms with Crippen LogP contribution in [0.4, 0.5) is 0 Å². The first kappa shape index (κ1) is 87.6. The zero-order valence-electron chi connectivity index (χ0n) is 80.8. The molecule has 9 heterocycles. The van der Waals surface area contributed by atoms with Crippen LogP contribution in [0.15, 0.2) is 522 Å². The number of benzene rings is 21. The summed E-state index contributed by atoms with van der Waals surface area (Å²) in [7, 11) is 0. The quantitative estimate of drug-likeness (QED) is 0.0981. The van der Waals surface area contributed by atoms with Gasteiger partial charge in [0.15, 0.2) is 40.8 Å². The van der Waals surface area contributed by atoms with Crippen molar-refractivity contribution in [2.45, 2.75) is 0 Å². The van der Waals surface area contributed by atoms with Crippen LogP contribution in [0.3, 0.4) is 0 Å². The van der Waals surface area contributed by atoms with Crippen molar-refractivity contribution in [2.24, 2.45) is 0 Å². The summed E-state index contributed by atoms with van der Waals surface area (Å²) >= 11 is 1.87. The average Bonchev–Trinajstić information content (AvgIpc) is 1.58. The van der Waals surface area contributed by atoms with Crippen LogP contribution in [0.25, 0.3) is 271 Å². The van der Waals surface area contributed by atoms with Gasteiger partial charge in [-0.1, -0.05) is 382 Å². The molecule has 0 atom stereocenters. The number of nitrogens with zero attached hydrogens (tertiary/aromatic N) is 14. The normalized spacial score (nSPS) is 11.6. The minimum absolute atomic E-state index is 0.586. The van der Waals surface area contributed by atoms with Gasteiger partial charge in [-0.25, -0.2) is 24.9 Å². The maximum absolute atomic E-state index is 5.12. The third-order valence-corrected chi connectivity index (χ3v) is 29.9. The molecular formula is C135H86N14S. The molecular weight excluding hydrogens is 1850 g/mol. The van der Waals surface area contributed by atoms with Crippen LogP contribution >= 0.6 is 11.3 Å². The fourth-order valence-electron chi connectivity index (χ4n) is 21.7. The molecule has 150 heavy (non-hydrogen) atoms. The zero-order chi connectivity index (χ0) is 99.1. The number of thiophene rings is 1. The van der Waals surface area contributed by atoms with Crippen LogP contribution in [0.1, 0.15) is 0 Å². The summed E-state index contributed by atoms with van der Waals surface area (Å²) in [5.74, 6) is 5.68. The van der Waals surface area contributed by atoms with E-state index < -0.39 is 0 Å². The lowest BCUT2D eigenvalue weighted by molar-refractivity contribution is 0.953. The number of fused-ring (bicyclic) bond motifs is 18. The first-order valence-electron chi connectivity index (χ1n) is 50.3. The molecule has 14 nitrogen and oxygen atoms in total. The molecule has 0 saturated heterocycles. The van der Waals surface area contributed by atoms with Crippen LogP contribution < -0.4 is 0 Å². The molecule has 30 aromatic rings. The van der Waals surface area contributed by atoms with Crippen LogP contribution in [0, 0.1) is 0 Å². The van der Waals surface area contributed by atoms with Gasteiger partial charge < -0.3 is 13.7 Å². The molecule has 15 heteroatoms. The standard InChI is InChI=1S/2C45H29N5.C45H28N4S/c1-4-15-30(16-5-1)43-46-44(31-17-6-2-7-18-31)48-45(47-43)50-39-25-13-11-22-36(39)42-34(23-14-26-41(42)50)32-27-28-40-37(29-32)35-21-10-12-24-38(35)49(40)33-19-8-3-9-20-33;1-4-14-30(15-5-1)43-46-44(31-16-6-2-7-17-31)48-45(47-43)50-40-23-13-11-21-36(40)38-29-33(25-27-42(38)50)32-24-26-41-37(28-32)35-20-10-12-22-39(35)49(41)34-18-8-3-9-19-34;1-3-12-29(13-4-1)43-46-44(30-14-5-2-6-15-30)48-45(47-43)31-22-25-33(26-23-31)49-39-20-9-7-16-35(39)38-28-32(24-27-40(38)49)34-18-11-19-37-36-17-8-10-21-41(36)50-42(34)37/h2*1-29H;1-28H. The van der Waals surface area contributed by atoms with Gasteiger partial charge in [0.05, 0.1) is 55.2 Å². The molecule has 0 amide bonds. The van der Waals surface area contributed by atoms with Gasteiger partial charge in [0.1, 0.15) is 0 Å². The SMILES string of the molecule is c1ccc(-c2nc(-c3ccccc3)nc(-c3ccc(-n4c5ccccc5c5cc(-c6cccc7c6sc6ccccc67)ccc54)cc3)n2)cc1.c1ccc(-c2nc(-c3ccccc3)nc(-n3c4ccccc4c4c(-c5ccc6c(c5)c5ccccc5n6-c5ccccc5)cccc43)n2)cc1.c1ccc(-c2nc(-c3ccccc3)nc(-n3c4ccccc4c4cc(-c5ccc6c(c5)c5ccccc5n6-c5ccccc5)ccc43)n2)cc1. The van der Waals surface area contributed by atoms with Crippen LogP contribution in [-0.4, -0.2) is 67.7 Å². The van der Waals surface area contributed by atoms with Crippen LogP contribution in [-0.2, 0) is 0 Å². The Bertz CT molecular complexity index is 10300. The van der Waals surface area contributed by atoms with Crippen molar-refractivity contribution in [3.05, 3.63) is 522 Å². The van der Waals surface area contributed by atoms with Crippen molar-refractivity contribution in [2.75, 3.05) is 0 Å². The van der Waals surface area contributed by atoms with Gasteiger partial charge in [-0.3, -0.25) is 9.13 Å². The highest BCUT2D eigenvalue weighted by molar-refractivity contribution is 7.26. The van der Waals surface area contributed by atoms with E-state index in [2.05, 4.69) is 363 Å². The first-order valence-corrected chi connectivity index (χ1v) is 51.1. The second-order valence-corrected chi connectivity index (χ2v) is 38.5. The molecule has 0 aliphatic rings. The van der Waals surface area contributed by atoms with Crippen LogP contribution in [0.5, 0.6) is 0 Å². The number of para-hydroxylation sites is 7. The molecule has 0 unspecified atom stereocenters. The third-order valence-electron chi connectivity index (χ3n) is 28.6. The highest BCUT2D eigenvalue weighted by Crippen LogP contribution is 2.47. The monoisotopic (exact) mass is 1930 g/mol. The Morgan fingerprint density at radius 3 is 0.767 bits per heavy atom. The molecule has 0 aliphatic heterocycles. The molecule has 0 aliphatic carbocycles. The van der Waals surface area contributed by atoms with Gasteiger partial charge in [0.2, 0.25) is 11.9 Å². The van der Waals surface area contributed by atoms with E-state index in [0.29, 0.717) is 52.7 Å². The molecule has 21 aromatic carbocycles. The lowest BCUT2D eigenvalue weighted by Crippen LogP contribution is -2.06. The Kier molecular flexibility index (Phi) is 21.8. The second-order valence-electron chi connectivity index (χ2n) is 37.5. The molecule has 0 bridgehead atoms. The van der Waals surface area contributed by atoms with Crippen molar-refractivity contribution >= 4 is 141 Å². The molecule has 0 N–H and O–H groups in total. The number of hydrogen-bond donors (Lipinski definition) is 0. The lowest BCUT2D eigenvalue weighted by Gasteiger charge is -2.11. The Hall–Kier alpha value is -20.1. The maximum atomic E-state index is 5.12. The largest absolute Gasteiger partial charge is 0.309 e. The van der Waals surface area contributed by atoms with E-state index in [1.54, 1.807) is 0 Å². The summed E-state index contributed by atoms with van der Waals surface area (Å²) in [6.07, 6.45) is 0. The molecule has 9 aromatic heterocycles. The van der Waals surface area contributed by atoms with E-state index in [9.17, 15) is 0 Å². The van der Waals surface area contributed by atoms with E-state index in [0.717, 1.165) is 116 Å². The van der Waals surface area contributed by atoms with Gasteiger partial charge in [-0.15, -0.1) is 11.3 Å². The summed E-state index contributed by atoms with van der Waals surface area (Å²) < 4.78 is 14.1. The highest BCUT2D eigenvalue weighted by atomic mass is 32.1. The minimum atomic E-state index is 0.586. The van der Waals surface area contributed by atoms with E-state index in [1.807, 2.05) is 193 Å². The van der Waals surface area contributed by atoms with Crippen molar-refractivity contribution in [3.8, 4) is 142 Å². The summed E-state index contributed by atoms with van der Waals surface area (Å²) in [5, 5.41) is 14.6. The van der Waals surface area contributed by atoms with Crippen molar-refractivity contribution in [1.29, 1.82) is 0 Å². The third kappa shape index (κ3) is 15.5. The maximum Gasteiger partial charge on any atom is 0.238 e. The van der Waals surface area contributed by atoms with Crippen LogP contribution in [0.2, 0.25) is 0 Å². The van der Waals surface area contributed by atoms with Gasteiger partial charge >= 0.3 is 0 Å². The van der Waals surface area contributed by atoms with Gasteiger partial charge in [0, 0.05) is 130 Å². The molecule has 30 rings (SSSR count). The lowest BCUT2D eigenvalue weighted by atomic mass is 9.98. The van der Waals surface area contributed by atoms with Gasteiger partial charge in [0.25, 0.3) is 0 Å². The number of aromatic nitrogens is 14. The highest BCUT2D eigenvalue weighted by Gasteiger charge is 2.27. The second kappa shape index (κ2) is 37.2. The predicted octanol–water partition coefficient (Wildman–Crippen LogP) is 34.1. The van der Waals surface area contributed by atoms with Crippen molar-refractivity contribution in [3.63, 3.8) is 0 Å². The Morgan fingerprint density at radius 1 is 0.140 bits per heavy atom. The topological polar surface area (TPSA) is 141 Å². The smallest absolute Gasteiger partial charge is 0.238 e. The summed E-state index contributed by atoms with van der Waals surface area (Å²) in [5.41, 5.74) is 28.5. The van der Waals surface area contributed by atoms with Crippen molar-refractivity contribution < 1.29 is 0 Å². The Morgan fingerprint density at radius 2 is 0.380 bits per heavy atom. The van der Waals surface area contributed by atoms with E-state index in [4.69, 9.17) is 44.9 Å². The van der Waals surface area contributed by atoms with E-state index in [-0.39, 0.29) is 0 Å². The van der Waals surface area contributed by atoms with Gasteiger partial charge in [-0.2, -0.15) is 19.9 Å². The molecule has 0 spiro atoms. The van der Waals surface area contributed by atoms with Gasteiger partial charge in [-0.05, 0) is 173 Å². The molecule has 0 fully saturated rings. The fourth-order valence-corrected chi connectivity index (χ4v) is 23.0. The zero-order valence-corrected chi connectivity index (χ0v) is 81.6. The Labute approximate surface area is 865 Å². The number of rotatable bonds is 15. The summed E-state index contributed by atoms with van der Waals surface area (Å²) in [6, 6.07) is 183. The van der Waals surface area contributed by atoms with Crippen molar-refractivity contribution in [1.82, 2.24) is 67.7 Å². The average molecular weight is 1940 g/mol.